The molecule has 1 aromatic carbocycles. The lowest BCUT2D eigenvalue weighted by Gasteiger charge is -1.98. The first-order valence-corrected chi connectivity index (χ1v) is 5.52. The van der Waals surface area contributed by atoms with E-state index in [9.17, 15) is 4.79 Å². The van der Waals surface area contributed by atoms with Crippen LogP contribution in [0.2, 0.25) is 0 Å². The van der Waals surface area contributed by atoms with Crippen LogP contribution < -0.4 is 5.56 Å². The number of pyridine rings is 1. The van der Waals surface area contributed by atoms with Crippen LogP contribution in [0.4, 0.5) is 0 Å². The number of rotatable bonds is 0. The third-order valence-electron chi connectivity index (χ3n) is 1.76. The fourth-order valence-electron chi connectivity index (χ4n) is 1.15. The van der Waals surface area contributed by atoms with Gasteiger partial charge in [-0.1, -0.05) is 0 Å². The molecular formula is C9H5BrINO. The van der Waals surface area contributed by atoms with Crippen LogP contribution in [-0.2, 0) is 0 Å². The Labute approximate surface area is 96.6 Å². The van der Waals surface area contributed by atoms with Gasteiger partial charge >= 0.3 is 0 Å². The fourth-order valence-corrected chi connectivity index (χ4v) is 2.01. The van der Waals surface area contributed by atoms with Crippen molar-refractivity contribution in [1.29, 1.82) is 0 Å². The number of fused-ring (bicyclic) bond motifs is 1. The molecule has 13 heavy (non-hydrogen) atoms. The molecule has 0 amide bonds. The smallest absolute Gasteiger partial charge is 0.262 e. The van der Waals surface area contributed by atoms with Crippen LogP contribution in [0.15, 0.2) is 33.5 Å². The van der Waals surface area contributed by atoms with E-state index >= 15 is 0 Å². The summed E-state index contributed by atoms with van der Waals surface area (Å²) in [5, 5.41) is 1.04. The van der Waals surface area contributed by atoms with E-state index in [0.717, 1.165) is 14.5 Å². The second-order valence-corrected chi connectivity index (χ2v) is 4.78. The fraction of sp³-hybridized carbons (Fsp3) is 0. The lowest BCUT2D eigenvalue weighted by molar-refractivity contribution is 1.28. The van der Waals surface area contributed by atoms with Crippen LogP contribution in [0.25, 0.3) is 10.9 Å². The van der Waals surface area contributed by atoms with Crippen molar-refractivity contribution in [3.63, 3.8) is 0 Å². The van der Waals surface area contributed by atoms with Crippen LogP contribution >= 0.6 is 38.5 Å². The van der Waals surface area contributed by atoms with E-state index < -0.39 is 0 Å². The number of aromatic amines is 1. The van der Waals surface area contributed by atoms with Gasteiger partial charge in [-0.05, 0) is 62.8 Å². The maximum Gasteiger partial charge on any atom is 0.262 e. The molecule has 0 atom stereocenters. The number of benzene rings is 1. The molecule has 1 aromatic heterocycles. The molecule has 0 saturated heterocycles. The molecule has 0 saturated carbocycles. The first-order chi connectivity index (χ1) is 6.16. The van der Waals surface area contributed by atoms with E-state index in [2.05, 4.69) is 43.5 Å². The van der Waals surface area contributed by atoms with Gasteiger partial charge in [0.25, 0.3) is 5.56 Å². The Hall–Kier alpha value is -0.360. The van der Waals surface area contributed by atoms with Gasteiger partial charge in [0, 0.05) is 14.5 Å². The molecule has 0 fully saturated rings. The predicted octanol–water partition coefficient (Wildman–Crippen LogP) is 2.90. The summed E-state index contributed by atoms with van der Waals surface area (Å²) < 4.78 is 1.73. The Bertz CT molecular complexity index is 520. The van der Waals surface area contributed by atoms with Gasteiger partial charge in [0.05, 0.1) is 4.47 Å². The number of hydrogen-bond donors (Lipinski definition) is 1. The van der Waals surface area contributed by atoms with Crippen LogP contribution in [0.3, 0.4) is 0 Å². The van der Waals surface area contributed by atoms with Crippen molar-refractivity contribution < 1.29 is 0 Å². The topological polar surface area (TPSA) is 32.9 Å². The van der Waals surface area contributed by atoms with Gasteiger partial charge in [0.1, 0.15) is 0 Å². The highest BCUT2D eigenvalue weighted by atomic mass is 127. The van der Waals surface area contributed by atoms with E-state index in [4.69, 9.17) is 0 Å². The number of aromatic nitrogens is 1. The van der Waals surface area contributed by atoms with Crippen molar-refractivity contribution >= 4 is 49.4 Å². The van der Waals surface area contributed by atoms with Crippen LogP contribution in [0.1, 0.15) is 0 Å². The second-order valence-electron chi connectivity index (χ2n) is 2.68. The molecule has 0 unspecified atom stereocenters. The highest BCUT2D eigenvalue weighted by Crippen LogP contribution is 2.16. The van der Waals surface area contributed by atoms with Gasteiger partial charge in [-0.25, -0.2) is 0 Å². The Kier molecular flexibility index (Phi) is 2.42. The largest absolute Gasteiger partial charge is 0.321 e. The standard InChI is InChI=1S/C9H5BrINO/c10-7-4-5-3-6(11)1-2-8(5)12-9(7)13/h1-4H,(H,12,13). The van der Waals surface area contributed by atoms with E-state index in [0.29, 0.717) is 4.47 Å². The van der Waals surface area contributed by atoms with Crippen molar-refractivity contribution in [1.82, 2.24) is 4.98 Å². The summed E-state index contributed by atoms with van der Waals surface area (Å²) >= 11 is 5.44. The SMILES string of the molecule is O=c1[nH]c2ccc(I)cc2cc1Br. The summed E-state index contributed by atoms with van der Waals surface area (Å²) in [5.74, 6) is 0. The lowest BCUT2D eigenvalue weighted by atomic mass is 10.2. The molecule has 66 valence electrons. The van der Waals surface area contributed by atoms with Gasteiger partial charge in [-0.15, -0.1) is 0 Å². The van der Waals surface area contributed by atoms with E-state index in [-0.39, 0.29) is 5.56 Å². The molecule has 1 N–H and O–H groups in total. The Morgan fingerprint density at radius 2 is 2.08 bits per heavy atom. The van der Waals surface area contributed by atoms with Crippen LogP contribution in [0.5, 0.6) is 0 Å². The number of hydrogen-bond acceptors (Lipinski definition) is 1. The minimum absolute atomic E-state index is 0.0892. The minimum Gasteiger partial charge on any atom is -0.321 e. The van der Waals surface area contributed by atoms with E-state index in [1.807, 2.05) is 24.3 Å². The molecular weight excluding hydrogens is 345 g/mol. The van der Waals surface area contributed by atoms with Crippen molar-refractivity contribution in [3.05, 3.63) is 42.7 Å². The Morgan fingerprint density at radius 1 is 1.31 bits per heavy atom. The summed E-state index contributed by atoms with van der Waals surface area (Å²) in [6, 6.07) is 7.73. The Morgan fingerprint density at radius 3 is 2.85 bits per heavy atom. The molecule has 0 spiro atoms. The summed E-state index contributed by atoms with van der Waals surface area (Å²) in [6.45, 7) is 0. The first-order valence-electron chi connectivity index (χ1n) is 3.65. The van der Waals surface area contributed by atoms with Gasteiger partial charge in [0.15, 0.2) is 0 Å². The van der Waals surface area contributed by atoms with Gasteiger partial charge in [-0.3, -0.25) is 4.79 Å². The second kappa shape index (κ2) is 3.42. The molecule has 0 bridgehead atoms. The maximum absolute atomic E-state index is 11.2. The highest BCUT2D eigenvalue weighted by molar-refractivity contribution is 14.1. The first kappa shape index (κ1) is 9.21. The molecule has 2 aromatic rings. The van der Waals surface area contributed by atoms with Gasteiger partial charge < -0.3 is 4.98 Å². The van der Waals surface area contributed by atoms with Crippen molar-refractivity contribution in [2.24, 2.45) is 0 Å². The quantitative estimate of drug-likeness (QED) is 0.729. The molecule has 1 heterocycles. The van der Waals surface area contributed by atoms with E-state index in [1.165, 1.54) is 0 Å². The molecule has 2 nitrogen and oxygen atoms in total. The molecule has 4 heteroatoms. The number of H-pyrrole nitrogens is 1. The molecule has 0 aliphatic heterocycles. The lowest BCUT2D eigenvalue weighted by Crippen LogP contribution is -2.05. The molecule has 0 aliphatic rings. The normalized spacial score (nSPS) is 10.6. The van der Waals surface area contributed by atoms with Crippen molar-refractivity contribution in [2.45, 2.75) is 0 Å². The van der Waals surface area contributed by atoms with Crippen molar-refractivity contribution in [3.8, 4) is 0 Å². The summed E-state index contributed by atoms with van der Waals surface area (Å²) in [7, 11) is 0. The zero-order chi connectivity index (χ0) is 9.42. The van der Waals surface area contributed by atoms with Gasteiger partial charge in [-0.2, -0.15) is 0 Å². The van der Waals surface area contributed by atoms with Gasteiger partial charge in [0.2, 0.25) is 0 Å². The highest BCUT2D eigenvalue weighted by Gasteiger charge is 1.99. The average molecular weight is 350 g/mol. The third-order valence-corrected chi connectivity index (χ3v) is 3.02. The van der Waals surface area contributed by atoms with Crippen molar-refractivity contribution in [2.75, 3.05) is 0 Å². The Balaban J connectivity index is 2.89. The third kappa shape index (κ3) is 1.78. The van der Waals surface area contributed by atoms with Crippen LogP contribution in [-0.4, -0.2) is 4.98 Å². The zero-order valence-corrected chi connectivity index (χ0v) is 10.2. The summed E-state index contributed by atoms with van der Waals surface area (Å²) in [5.41, 5.74) is 0.780. The number of halogens is 2. The number of nitrogens with one attached hydrogen (secondary N) is 1. The minimum atomic E-state index is -0.0892. The summed E-state index contributed by atoms with van der Waals surface area (Å²) in [4.78, 5) is 14.0. The molecule has 0 radical (unpaired) electrons. The monoisotopic (exact) mass is 349 g/mol. The predicted molar refractivity (Wildman–Crippen MR) is 65.0 cm³/mol. The molecule has 0 aliphatic carbocycles. The summed E-state index contributed by atoms with van der Waals surface area (Å²) in [6.07, 6.45) is 0. The zero-order valence-electron chi connectivity index (χ0n) is 6.47. The molecule has 2 rings (SSSR count). The average Bonchev–Trinajstić information content (AvgIpc) is 2.08. The maximum atomic E-state index is 11.2. The van der Waals surface area contributed by atoms with E-state index in [1.54, 1.807) is 0 Å². The van der Waals surface area contributed by atoms with Crippen LogP contribution in [0, 0.1) is 3.57 Å².